The summed E-state index contributed by atoms with van der Waals surface area (Å²) in [5.41, 5.74) is 1.24. The average molecular weight is 284 g/mol. The van der Waals surface area contributed by atoms with Gasteiger partial charge in [0, 0.05) is 19.3 Å². The predicted octanol–water partition coefficient (Wildman–Crippen LogP) is 0.833. The summed E-state index contributed by atoms with van der Waals surface area (Å²) < 4.78 is 1.65. The first-order valence-electron chi connectivity index (χ1n) is 6.86. The van der Waals surface area contributed by atoms with E-state index in [4.69, 9.17) is 0 Å². The Morgan fingerprint density at radius 3 is 2.81 bits per heavy atom. The van der Waals surface area contributed by atoms with E-state index in [-0.39, 0.29) is 11.8 Å². The van der Waals surface area contributed by atoms with E-state index in [0.29, 0.717) is 18.8 Å². The quantitative estimate of drug-likeness (QED) is 0.888. The highest BCUT2D eigenvalue weighted by Crippen LogP contribution is 2.12. The molecule has 1 saturated heterocycles. The van der Waals surface area contributed by atoms with Gasteiger partial charge in [-0.3, -0.25) is 9.59 Å². The van der Waals surface area contributed by atoms with Gasteiger partial charge in [0.2, 0.25) is 5.91 Å². The van der Waals surface area contributed by atoms with Crippen LogP contribution in [-0.2, 0) is 4.79 Å². The van der Waals surface area contributed by atoms with Crippen LogP contribution in [0.25, 0.3) is 5.69 Å². The number of piperazine rings is 1. The van der Waals surface area contributed by atoms with Crippen LogP contribution in [0.4, 0.5) is 0 Å². The van der Waals surface area contributed by atoms with Gasteiger partial charge in [-0.1, -0.05) is 18.2 Å². The Balaban J connectivity index is 1.83. The molecule has 1 unspecified atom stereocenters. The summed E-state index contributed by atoms with van der Waals surface area (Å²) in [5, 5.41) is 7.05. The first-order chi connectivity index (χ1) is 10.2. The van der Waals surface area contributed by atoms with Gasteiger partial charge >= 0.3 is 0 Å². The van der Waals surface area contributed by atoms with E-state index >= 15 is 0 Å². The summed E-state index contributed by atoms with van der Waals surface area (Å²) in [6, 6.07) is 10.8. The second-order valence-electron chi connectivity index (χ2n) is 4.95. The lowest BCUT2D eigenvalue weighted by Gasteiger charge is -2.32. The molecule has 0 bridgehead atoms. The Bertz CT molecular complexity index is 665. The van der Waals surface area contributed by atoms with Crippen LogP contribution < -0.4 is 5.32 Å². The molecule has 3 rings (SSSR count). The minimum Gasteiger partial charge on any atom is -0.353 e. The molecule has 1 aliphatic rings. The van der Waals surface area contributed by atoms with E-state index in [1.54, 1.807) is 28.8 Å². The lowest BCUT2D eigenvalue weighted by atomic mass is 10.2. The molecule has 0 saturated carbocycles. The summed E-state index contributed by atoms with van der Waals surface area (Å²) >= 11 is 0. The zero-order chi connectivity index (χ0) is 14.8. The van der Waals surface area contributed by atoms with Gasteiger partial charge in [-0.2, -0.15) is 5.10 Å². The fourth-order valence-electron chi connectivity index (χ4n) is 2.37. The van der Waals surface area contributed by atoms with Crippen molar-refractivity contribution in [2.24, 2.45) is 0 Å². The van der Waals surface area contributed by atoms with Crippen LogP contribution in [0.3, 0.4) is 0 Å². The summed E-state index contributed by atoms with van der Waals surface area (Å²) in [6.07, 6.45) is 1.75. The fourth-order valence-corrected chi connectivity index (χ4v) is 2.37. The Labute approximate surface area is 122 Å². The minimum absolute atomic E-state index is 0.128. The standard InChI is InChI=1S/C15H16N4O2/c1-11-14(20)16-8-10-18(11)15(21)13-7-9-19(17-13)12-5-3-2-4-6-12/h2-7,9,11H,8,10H2,1H3,(H,16,20). The Morgan fingerprint density at radius 2 is 2.05 bits per heavy atom. The first kappa shape index (κ1) is 13.4. The molecule has 1 N–H and O–H groups in total. The number of hydrogen-bond donors (Lipinski definition) is 1. The molecular formula is C15H16N4O2. The Morgan fingerprint density at radius 1 is 1.29 bits per heavy atom. The van der Waals surface area contributed by atoms with Crippen molar-refractivity contribution >= 4 is 11.8 Å². The third-order valence-corrected chi connectivity index (χ3v) is 3.59. The number of aromatic nitrogens is 2. The number of amides is 2. The number of hydrogen-bond acceptors (Lipinski definition) is 3. The number of rotatable bonds is 2. The van der Waals surface area contributed by atoms with E-state index in [9.17, 15) is 9.59 Å². The van der Waals surface area contributed by atoms with Gasteiger partial charge in [0.15, 0.2) is 5.69 Å². The Kier molecular flexibility index (Phi) is 3.43. The lowest BCUT2D eigenvalue weighted by Crippen LogP contribution is -2.55. The first-order valence-corrected chi connectivity index (χ1v) is 6.86. The second kappa shape index (κ2) is 5.40. The van der Waals surface area contributed by atoms with Gasteiger partial charge in [-0.25, -0.2) is 4.68 Å². The van der Waals surface area contributed by atoms with E-state index in [0.717, 1.165) is 5.69 Å². The molecule has 6 heteroatoms. The monoisotopic (exact) mass is 284 g/mol. The molecule has 108 valence electrons. The average Bonchev–Trinajstić information content (AvgIpc) is 3.00. The molecule has 2 heterocycles. The highest BCUT2D eigenvalue weighted by atomic mass is 16.2. The number of carbonyl (C=O) groups excluding carboxylic acids is 2. The number of nitrogens with one attached hydrogen (secondary N) is 1. The van der Waals surface area contributed by atoms with Crippen LogP contribution >= 0.6 is 0 Å². The lowest BCUT2D eigenvalue weighted by molar-refractivity contribution is -0.127. The van der Waals surface area contributed by atoms with Gasteiger partial charge in [-0.15, -0.1) is 0 Å². The van der Waals surface area contributed by atoms with Crippen molar-refractivity contribution in [2.45, 2.75) is 13.0 Å². The second-order valence-corrected chi connectivity index (χ2v) is 4.95. The van der Waals surface area contributed by atoms with Crippen molar-refractivity contribution in [3.05, 3.63) is 48.3 Å². The van der Waals surface area contributed by atoms with Crippen molar-refractivity contribution in [1.82, 2.24) is 20.0 Å². The molecule has 1 aliphatic heterocycles. The normalized spacial score (nSPS) is 18.4. The number of para-hydroxylation sites is 1. The molecule has 2 amide bonds. The van der Waals surface area contributed by atoms with Crippen molar-refractivity contribution in [2.75, 3.05) is 13.1 Å². The molecule has 1 aromatic carbocycles. The zero-order valence-electron chi connectivity index (χ0n) is 11.7. The smallest absolute Gasteiger partial charge is 0.275 e. The molecule has 1 fully saturated rings. The van der Waals surface area contributed by atoms with Crippen molar-refractivity contribution in [3.63, 3.8) is 0 Å². The van der Waals surface area contributed by atoms with E-state index < -0.39 is 6.04 Å². The van der Waals surface area contributed by atoms with Crippen molar-refractivity contribution < 1.29 is 9.59 Å². The minimum atomic E-state index is -0.465. The van der Waals surface area contributed by atoms with Gasteiger partial charge < -0.3 is 10.2 Å². The van der Waals surface area contributed by atoms with Crippen molar-refractivity contribution in [1.29, 1.82) is 0 Å². The van der Waals surface area contributed by atoms with Crippen LogP contribution in [0.2, 0.25) is 0 Å². The molecule has 1 atom stereocenters. The highest BCUT2D eigenvalue weighted by Gasteiger charge is 2.30. The zero-order valence-corrected chi connectivity index (χ0v) is 11.7. The molecular weight excluding hydrogens is 268 g/mol. The maximum atomic E-state index is 12.5. The van der Waals surface area contributed by atoms with Crippen LogP contribution in [0.1, 0.15) is 17.4 Å². The highest BCUT2D eigenvalue weighted by molar-refractivity contribution is 5.96. The maximum Gasteiger partial charge on any atom is 0.275 e. The largest absolute Gasteiger partial charge is 0.353 e. The molecule has 6 nitrogen and oxygen atoms in total. The molecule has 21 heavy (non-hydrogen) atoms. The van der Waals surface area contributed by atoms with Gasteiger partial charge in [-0.05, 0) is 25.1 Å². The molecule has 0 spiro atoms. The molecule has 0 aliphatic carbocycles. The van der Waals surface area contributed by atoms with E-state index in [1.807, 2.05) is 30.3 Å². The van der Waals surface area contributed by atoms with Gasteiger partial charge in [0.05, 0.1) is 5.69 Å². The van der Waals surface area contributed by atoms with E-state index in [1.165, 1.54) is 0 Å². The summed E-state index contributed by atoms with van der Waals surface area (Å²) in [5.74, 6) is -0.343. The van der Waals surface area contributed by atoms with Crippen LogP contribution in [0, 0.1) is 0 Å². The molecule has 2 aromatic rings. The fraction of sp³-hybridized carbons (Fsp3) is 0.267. The summed E-state index contributed by atoms with van der Waals surface area (Å²) in [4.78, 5) is 25.7. The SMILES string of the molecule is CC1C(=O)NCCN1C(=O)c1ccn(-c2ccccc2)n1. The van der Waals surface area contributed by atoms with Gasteiger partial charge in [0.1, 0.15) is 6.04 Å². The van der Waals surface area contributed by atoms with Crippen LogP contribution in [0.5, 0.6) is 0 Å². The van der Waals surface area contributed by atoms with E-state index in [2.05, 4.69) is 10.4 Å². The predicted molar refractivity (Wildman–Crippen MR) is 77.1 cm³/mol. The number of benzene rings is 1. The topological polar surface area (TPSA) is 67.2 Å². The third-order valence-electron chi connectivity index (χ3n) is 3.59. The number of carbonyl (C=O) groups is 2. The molecule has 1 aromatic heterocycles. The summed E-state index contributed by atoms with van der Waals surface area (Å²) in [6.45, 7) is 2.71. The number of nitrogens with zero attached hydrogens (tertiary/aromatic N) is 3. The van der Waals surface area contributed by atoms with Crippen LogP contribution in [-0.4, -0.2) is 45.6 Å². The maximum absolute atomic E-state index is 12.5. The third kappa shape index (κ3) is 2.52. The molecule has 0 radical (unpaired) electrons. The van der Waals surface area contributed by atoms with Crippen molar-refractivity contribution in [3.8, 4) is 5.69 Å². The van der Waals surface area contributed by atoms with Gasteiger partial charge in [0.25, 0.3) is 5.91 Å². The summed E-state index contributed by atoms with van der Waals surface area (Å²) in [7, 11) is 0. The Hall–Kier alpha value is -2.63. The van der Waals surface area contributed by atoms with Crippen LogP contribution in [0.15, 0.2) is 42.6 Å².